The van der Waals surface area contributed by atoms with E-state index in [1.807, 2.05) is 24.3 Å². The maximum absolute atomic E-state index is 12.1. The normalized spacial score (nSPS) is 11.9. The Hall–Kier alpha value is -3.48. The number of anilines is 1. The lowest BCUT2D eigenvalue weighted by atomic mass is 10.2. The fourth-order valence-corrected chi connectivity index (χ4v) is 3.26. The van der Waals surface area contributed by atoms with Crippen LogP contribution in [0.4, 0.5) is 5.13 Å². The number of hydrogen-bond acceptors (Lipinski definition) is 8. The van der Waals surface area contributed by atoms with Gasteiger partial charge in [0.15, 0.2) is 17.8 Å². The minimum atomic E-state index is -1.26. The Balaban J connectivity index is 1.51. The standard InChI is InChI=1S/C22H21N3O5S/c1-22(2,3)30-20(28)11-10-17(26)15-9-8-14(12-23-15)29-13-19(27)25-21-24-16-6-4-5-7-18(16)31-21/h4-9,12,17,26H,13H2,1-3H3,(H,24,25,27). The van der Waals surface area contributed by atoms with E-state index >= 15 is 0 Å². The third kappa shape index (κ3) is 6.77. The summed E-state index contributed by atoms with van der Waals surface area (Å²) in [7, 11) is 0. The summed E-state index contributed by atoms with van der Waals surface area (Å²) < 4.78 is 11.4. The number of rotatable bonds is 5. The number of amides is 1. The molecule has 9 heteroatoms. The molecular weight excluding hydrogens is 418 g/mol. The second kappa shape index (κ2) is 9.55. The number of hydrogen-bond donors (Lipinski definition) is 2. The zero-order valence-electron chi connectivity index (χ0n) is 17.2. The molecule has 1 unspecified atom stereocenters. The Morgan fingerprint density at radius 2 is 2.00 bits per heavy atom. The second-order valence-electron chi connectivity index (χ2n) is 7.42. The van der Waals surface area contributed by atoms with E-state index in [9.17, 15) is 14.7 Å². The molecule has 0 saturated carbocycles. The lowest BCUT2D eigenvalue weighted by Gasteiger charge is -2.16. The number of nitrogens with one attached hydrogen (secondary N) is 1. The van der Waals surface area contributed by atoms with Crippen molar-refractivity contribution in [2.45, 2.75) is 32.5 Å². The Labute approximate surface area is 183 Å². The number of fused-ring (bicyclic) bond motifs is 1. The van der Waals surface area contributed by atoms with Crippen LogP contribution in [0.25, 0.3) is 10.2 Å². The minimum absolute atomic E-state index is 0.224. The topological polar surface area (TPSA) is 111 Å². The molecule has 1 atom stereocenters. The van der Waals surface area contributed by atoms with Crippen molar-refractivity contribution < 1.29 is 24.2 Å². The van der Waals surface area contributed by atoms with Crippen LogP contribution < -0.4 is 10.1 Å². The molecule has 2 heterocycles. The maximum atomic E-state index is 12.1. The first kappa shape index (κ1) is 22.2. The van der Waals surface area contributed by atoms with Crippen molar-refractivity contribution in [2.24, 2.45) is 0 Å². The molecule has 2 N–H and O–H groups in total. The number of nitrogens with zero attached hydrogens (tertiary/aromatic N) is 2. The number of pyridine rings is 1. The van der Waals surface area contributed by atoms with Gasteiger partial charge in [-0.3, -0.25) is 15.1 Å². The van der Waals surface area contributed by atoms with Crippen LogP contribution in [-0.2, 0) is 14.3 Å². The number of para-hydroxylation sites is 1. The highest BCUT2D eigenvalue weighted by molar-refractivity contribution is 7.22. The number of aliphatic hydroxyl groups is 1. The van der Waals surface area contributed by atoms with Crippen molar-refractivity contribution in [1.29, 1.82) is 0 Å². The van der Waals surface area contributed by atoms with Crippen molar-refractivity contribution in [3.05, 3.63) is 48.3 Å². The molecule has 8 nitrogen and oxygen atoms in total. The molecule has 2 aromatic heterocycles. The highest BCUT2D eigenvalue weighted by Crippen LogP contribution is 2.25. The van der Waals surface area contributed by atoms with Crippen LogP contribution in [0.2, 0.25) is 0 Å². The van der Waals surface area contributed by atoms with Crippen molar-refractivity contribution in [2.75, 3.05) is 11.9 Å². The van der Waals surface area contributed by atoms with Crippen LogP contribution in [0.3, 0.4) is 0 Å². The van der Waals surface area contributed by atoms with Crippen LogP contribution in [0.5, 0.6) is 5.75 Å². The van der Waals surface area contributed by atoms with Gasteiger partial charge >= 0.3 is 5.97 Å². The van der Waals surface area contributed by atoms with E-state index in [0.29, 0.717) is 10.9 Å². The van der Waals surface area contributed by atoms with Gasteiger partial charge in [-0.05, 0) is 45.0 Å². The van der Waals surface area contributed by atoms with Gasteiger partial charge in [-0.2, -0.15) is 0 Å². The van der Waals surface area contributed by atoms with E-state index in [2.05, 4.69) is 27.1 Å². The van der Waals surface area contributed by atoms with Gasteiger partial charge in [0.05, 0.1) is 22.1 Å². The van der Waals surface area contributed by atoms with E-state index in [1.165, 1.54) is 23.6 Å². The van der Waals surface area contributed by atoms with Gasteiger partial charge in [0.25, 0.3) is 5.91 Å². The van der Waals surface area contributed by atoms with Crippen molar-refractivity contribution in [1.82, 2.24) is 9.97 Å². The number of benzene rings is 1. The molecule has 0 saturated heterocycles. The fraction of sp³-hybridized carbons (Fsp3) is 0.273. The molecule has 3 rings (SSSR count). The summed E-state index contributed by atoms with van der Waals surface area (Å²) in [5, 5.41) is 13.2. The summed E-state index contributed by atoms with van der Waals surface area (Å²) in [6, 6.07) is 10.6. The first-order valence-corrected chi connectivity index (χ1v) is 10.2. The highest BCUT2D eigenvalue weighted by atomic mass is 32.1. The highest BCUT2D eigenvalue weighted by Gasteiger charge is 2.15. The lowest BCUT2D eigenvalue weighted by molar-refractivity contribution is -0.147. The summed E-state index contributed by atoms with van der Waals surface area (Å²) >= 11 is 1.38. The lowest BCUT2D eigenvalue weighted by Crippen LogP contribution is -2.22. The average Bonchev–Trinajstić information content (AvgIpc) is 3.12. The van der Waals surface area contributed by atoms with Crippen molar-refractivity contribution in [3.8, 4) is 17.6 Å². The van der Waals surface area contributed by atoms with Gasteiger partial charge < -0.3 is 14.6 Å². The number of carbonyl (C=O) groups excluding carboxylic acids is 2. The first-order valence-electron chi connectivity index (χ1n) is 9.36. The second-order valence-corrected chi connectivity index (χ2v) is 8.45. The van der Waals surface area contributed by atoms with E-state index in [1.54, 1.807) is 26.8 Å². The van der Waals surface area contributed by atoms with E-state index in [-0.39, 0.29) is 18.2 Å². The van der Waals surface area contributed by atoms with Gasteiger partial charge in [0.2, 0.25) is 0 Å². The molecule has 160 valence electrons. The maximum Gasteiger partial charge on any atom is 0.384 e. The summed E-state index contributed by atoms with van der Waals surface area (Å²) in [4.78, 5) is 32.1. The predicted octanol–water partition coefficient (Wildman–Crippen LogP) is 3.09. The average molecular weight is 439 g/mol. The zero-order valence-corrected chi connectivity index (χ0v) is 18.0. The van der Waals surface area contributed by atoms with Gasteiger partial charge in [-0.25, -0.2) is 9.78 Å². The molecule has 0 radical (unpaired) electrons. The Bertz CT molecular complexity index is 1110. The SMILES string of the molecule is CC(C)(C)OC(=O)C#CC(O)c1ccc(OCC(=O)Nc2nc3ccccc3s2)cn1. The van der Waals surface area contributed by atoms with E-state index < -0.39 is 17.7 Å². The summed E-state index contributed by atoms with van der Waals surface area (Å²) in [5.74, 6) is 3.88. The smallest absolute Gasteiger partial charge is 0.384 e. The van der Waals surface area contributed by atoms with Gasteiger partial charge in [0, 0.05) is 5.92 Å². The fourth-order valence-electron chi connectivity index (χ4n) is 2.37. The van der Waals surface area contributed by atoms with Crippen LogP contribution in [0, 0.1) is 11.8 Å². The van der Waals surface area contributed by atoms with Gasteiger partial charge in [0.1, 0.15) is 11.4 Å². The molecule has 0 aliphatic carbocycles. The molecule has 1 aromatic carbocycles. The number of aromatic nitrogens is 2. The largest absolute Gasteiger partial charge is 0.482 e. The number of ether oxygens (including phenoxy) is 2. The molecule has 31 heavy (non-hydrogen) atoms. The van der Waals surface area contributed by atoms with Crippen LogP contribution in [0.15, 0.2) is 42.6 Å². The van der Waals surface area contributed by atoms with Gasteiger partial charge in [-0.1, -0.05) is 29.4 Å². The first-order chi connectivity index (χ1) is 14.7. The molecule has 0 spiro atoms. The third-order valence-corrected chi connectivity index (χ3v) is 4.61. The van der Waals surface area contributed by atoms with Crippen molar-refractivity contribution >= 4 is 38.6 Å². The molecule has 0 aliphatic heterocycles. The van der Waals surface area contributed by atoms with Crippen molar-refractivity contribution in [3.63, 3.8) is 0 Å². The monoisotopic (exact) mass is 439 g/mol. The minimum Gasteiger partial charge on any atom is -0.482 e. The molecule has 0 fully saturated rings. The third-order valence-electron chi connectivity index (χ3n) is 3.66. The zero-order chi connectivity index (χ0) is 22.4. The number of thiazole rings is 1. The summed E-state index contributed by atoms with van der Waals surface area (Å²) in [5.41, 5.74) is 0.395. The van der Waals surface area contributed by atoms with E-state index in [4.69, 9.17) is 9.47 Å². The number of carbonyl (C=O) groups is 2. The summed E-state index contributed by atoms with van der Waals surface area (Å²) in [6.45, 7) is 4.95. The summed E-state index contributed by atoms with van der Waals surface area (Å²) in [6.07, 6.45) is 0.0995. The van der Waals surface area contributed by atoms with Crippen LogP contribution >= 0.6 is 11.3 Å². The van der Waals surface area contributed by atoms with Gasteiger partial charge in [-0.15, -0.1) is 0 Å². The van der Waals surface area contributed by atoms with E-state index in [0.717, 1.165) is 10.2 Å². The Morgan fingerprint density at radius 3 is 2.68 bits per heavy atom. The number of aliphatic hydroxyl groups excluding tert-OH is 1. The number of esters is 1. The quantitative estimate of drug-likeness (QED) is 0.357. The Morgan fingerprint density at radius 1 is 1.23 bits per heavy atom. The molecule has 0 aliphatic rings. The molecule has 0 bridgehead atoms. The molecule has 3 aromatic rings. The predicted molar refractivity (Wildman–Crippen MR) is 117 cm³/mol. The van der Waals surface area contributed by atoms with Crippen LogP contribution in [-0.4, -0.2) is 39.2 Å². The molecular formula is C22H21N3O5S. The Kier molecular flexibility index (Phi) is 6.84. The molecule has 1 amide bonds. The van der Waals surface area contributed by atoms with Crippen LogP contribution in [0.1, 0.15) is 32.6 Å².